The minimum Gasteiger partial charge on any atom is -0.455 e. The first-order valence-electron chi connectivity index (χ1n) is 19.7. The van der Waals surface area contributed by atoms with Crippen molar-refractivity contribution in [2.45, 2.75) is 0 Å². The van der Waals surface area contributed by atoms with Gasteiger partial charge in [0.15, 0.2) is 0 Å². The molecule has 1 nitrogen and oxygen atoms in total. The fraction of sp³-hybridized carbons (Fsp3) is 0. The van der Waals surface area contributed by atoms with Crippen LogP contribution in [0.5, 0.6) is 0 Å². The quantitative estimate of drug-likeness (QED) is 0.165. The molecule has 0 fully saturated rings. The molecule has 0 aliphatic rings. The van der Waals surface area contributed by atoms with Gasteiger partial charge < -0.3 is 4.42 Å². The average molecular weight is 723 g/mol. The van der Waals surface area contributed by atoms with Gasteiger partial charge in [0.25, 0.3) is 0 Å². The highest BCUT2D eigenvalue weighted by molar-refractivity contribution is 6.24. The van der Waals surface area contributed by atoms with Gasteiger partial charge in [-0.2, -0.15) is 0 Å². The third kappa shape index (κ3) is 5.03. The first-order chi connectivity index (χ1) is 28.2. The molecule has 0 aliphatic heterocycles. The summed E-state index contributed by atoms with van der Waals surface area (Å²) in [6.45, 7) is 0. The lowest BCUT2D eigenvalue weighted by Crippen LogP contribution is -1.91. The van der Waals surface area contributed by atoms with E-state index in [9.17, 15) is 0 Å². The summed E-state index contributed by atoms with van der Waals surface area (Å²) in [6, 6.07) is 75.3. The Labute approximate surface area is 329 Å². The zero-order valence-corrected chi connectivity index (χ0v) is 31.0. The number of furan rings is 1. The summed E-state index contributed by atoms with van der Waals surface area (Å²) in [5.41, 5.74) is 11.6. The van der Waals surface area contributed by atoms with Crippen LogP contribution in [0.2, 0.25) is 0 Å². The van der Waals surface area contributed by atoms with E-state index in [-0.39, 0.29) is 0 Å². The highest BCUT2D eigenvalue weighted by atomic mass is 16.3. The molecule has 11 aromatic carbocycles. The van der Waals surface area contributed by atoms with Crippen LogP contribution >= 0.6 is 0 Å². The molecule has 57 heavy (non-hydrogen) atoms. The molecule has 12 aromatic rings. The first kappa shape index (κ1) is 31.8. The van der Waals surface area contributed by atoms with Crippen LogP contribution in [0.3, 0.4) is 0 Å². The van der Waals surface area contributed by atoms with E-state index in [2.05, 4.69) is 206 Å². The first-order valence-corrected chi connectivity index (χ1v) is 19.7. The molecule has 1 heteroatoms. The predicted molar refractivity (Wildman–Crippen MR) is 243 cm³/mol. The van der Waals surface area contributed by atoms with Gasteiger partial charge in [-0.05, 0) is 123 Å². The smallest absolute Gasteiger partial charge is 0.143 e. The monoisotopic (exact) mass is 722 g/mol. The summed E-state index contributed by atoms with van der Waals surface area (Å²) < 4.78 is 6.65. The van der Waals surface area contributed by atoms with Gasteiger partial charge >= 0.3 is 0 Å². The minimum atomic E-state index is 0.923. The molecule has 1 aromatic heterocycles. The third-order valence-corrected chi connectivity index (χ3v) is 12.0. The zero-order valence-electron chi connectivity index (χ0n) is 31.0. The van der Waals surface area contributed by atoms with Gasteiger partial charge in [0.1, 0.15) is 11.2 Å². The second-order valence-electron chi connectivity index (χ2n) is 15.2. The highest BCUT2D eigenvalue weighted by Gasteiger charge is 2.18. The Bertz CT molecular complexity index is 3510. The fourth-order valence-electron chi connectivity index (χ4n) is 9.31. The molecular formula is C56H34O. The van der Waals surface area contributed by atoms with Crippen molar-refractivity contribution >= 4 is 75.8 Å². The SMILES string of the molecule is c1cc(-c2ccc3ccc4c(oc5ccc6ccccc6c54)c3c2)cc(-c2c3ccccc3c(-c3ccc(-c4ccc5ccccc5c4)cc3)c3ccccc23)c1. The van der Waals surface area contributed by atoms with Gasteiger partial charge in [-0.1, -0.05) is 176 Å². The lowest BCUT2D eigenvalue weighted by Gasteiger charge is -2.18. The number of rotatable bonds is 4. The summed E-state index contributed by atoms with van der Waals surface area (Å²) in [7, 11) is 0. The molecule has 0 bridgehead atoms. The summed E-state index contributed by atoms with van der Waals surface area (Å²) >= 11 is 0. The van der Waals surface area contributed by atoms with E-state index in [0.29, 0.717) is 0 Å². The van der Waals surface area contributed by atoms with Crippen molar-refractivity contribution in [3.05, 3.63) is 206 Å². The Morgan fingerprint density at radius 3 is 1.47 bits per heavy atom. The largest absolute Gasteiger partial charge is 0.455 e. The van der Waals surface area contributed by atoms with Crippen molar-refractivity contribution in [3.63, 3.8) is 0 Å². The fourth-order valence-corrected chi connectivity index (χ4v) is 9.31. The van der Waals surface area contributed by atoms with Crippen LogP contribution in [0.15, 0.2) is 211 Å². The van der Waals surface area contributed by atoms with Crippen molar-refractivity contribution in [2.24, 2.45) is 0 Å². The highest BCUT2D eigenvalue weighted by Crippen LogP contribution is 2.45. The number of hydrogen-bond acceptors (Lipinski definition) is 1. The second-order valence-corrected chi connectivity index (χ2v) is 15.2. The van der Waals surface area contributed by atoms with Gasteiger partial charge in [-0.25, -0.2) is 0 Å². The maximum absolute atomic E-state index is 6.65. The predicted octanol–water partition coefficient (Wildman–Crippen LogP) is 16.0. The van der Waals surface area contributed by atoms with E-state index in [4.69, 9.17) is 4.42 Å². The lowest BCUT2D eigenvalue weighted by atomic mass is 9.85. The number of hydrogen-bond donors (Lipinski definition) is 0. The topological polar surface area (TPSA) is 13.1 Å². The van der Waals surface area contributed by atoms with Crippen LogP contribution in [-0.2, 0) is 0 Å². The van der Waals surface area contributed by atoms with Crippen molar-refractivity contribution in [1.82, 2.24) is 0 Å². The van der Waals surface area contributed by atoms with E-state index in [1.807, 2.05) is 0 Å². The molecule has 264 valence electrons. The molecule has 0 saturated carbocycles. The Hall–Kier alpha value is -7.48. The molecule has 1 heterocycles. The molecule has 0 spiro atoms. The van der Waals surface area contributed by atoms with Crippen LogP contribution in [0.25, 0.3) is 120 Å². The zero-order chi connectivity index (χ0) is 37.5. The van der Waals surface area contributed by atoms with E-state index in [1.54, 1.807) is 0 Å². The second kappa shape index (κ2) is 12.5. The van der Waals surface area contributed by atoms with Crippen molar-refractivity contribution in [1.29, 1.82) is 0 Å². The van der Waals surface area contributed by atoms with Crippen LogP contribution in [0.4, 0.5) is 0 Å². The summed E-state index contributed by atoms with van der Waals surface area (Å²) in [5.74, 6) is 0. The van der Waals surface area contributed by atoms with Crippen LogP contribution < -0.4 is 0 Å². The van der Waals surface area contributed by atoms with E-state index in [0.717, 1.165) is 21.9 Å². The Balaban J connectivity index is 0.996. The third-order valence-electron chi connectivity index (χ3n) is 12.0. The lowest BCUT2D eigenvalue weighted by molar-refractivity contribution is 0.673. The number of fused-ring (bicyclic) bond motifs is 10. The normalized spacial score (nSPS) is 11.9. The Kier molecular flexibility index (Phi) is 7.00. The van der Waals surface area contributed by atoms with E-state index in [1.165, 1.54) is 98.4 Å². The van der Waals surface area contributed by atoms with E-state index < -0.39 is 0 Å². The molecule has 0 N–H and O–H groups in total. The Morgan fingerprint density at radius 2 is 0.737 bits per heavy atom. The standard InChI is InChI=1S/C56H34O/c1-2-12-40-32-42(26-22-35(40)10-1)36-20-24-39(25-21-36)53-46-16-5-7-18-48(46)54(49-19-8-6-17-47(49)53)44-14-9-13-41(33-44)43-27-23-38-28-30-50-55-45-15-4-3-11-37(45)29-31-52(55)57-56(50)51(38)34-43/h1-34H. The molecule has 0 radical (unpaired) electrons. The maximum Gasteiger partial charge on any atom is 0.143 e. The van der Waals surface area contributed by atoms with Crippen molar-refractivity contribution < 1.29 is 4.42 Å². The maximum atomic E-state index is 6.65. The van der Waals surface area contributed by atoms with Crippen LogP contribution in [0.1, 0.15) is 0 Å². The number of benzene rings is 11. The summed E-state index contributed by atoms with van der Waals surface area (Å²) in [4.78, 5) is 0. The molecule has 0 unspecified atom stereocenters. The van der Waals surface area contributed by atoms with E-state index >= 15 is 0 Å². The summed E-state index contributed by atoms with van der Waals surface area (Å²) in [5, 5.41) is 14.6. The molecule has 0 amide bonds. The molecule has 0 atom stereocenters. The average Bonchev–Trinajstić information content (AvgIpc) is 3.68. The molecular weight excluding hydrogens is 689 g/mol. The van der Waals surface area contributed by atoms with Gasteiger partial charge in [0.05, 0.1) is 0 Å². The van der Waals surface area contributed by atoms with Crippen molar-refractivity contribution in [3.8, 4) is 44.5 Å². The van der Waals surface area contributed by atoms with Gasteiger partial charge in [0, 0.05) is 16.2 Å². The minimum absolute atomic E-state index is 0.923. The summed E-state index contributed by atoms with van der Waals surface area (Å²) in [6.07, 6.45) is 0. The van der Waals surface area contributed by atoms with Gasteiger partial charge in [-0.15, -0.1) is 0 Å². The van der Waals surface area contributed by atoms with Gasteiger partial charge in [0.2, 0.25) is 0 Å². The van der Waals surface area contributed by atoms with Crippen molar-refractivity contribution in [2.75, 3.05) is 0 Å². The molecule has 12 rings (SSSR count). The molecule has 0 aliphatic carbocycles. The van der Waals surface area contributed by atoms with Crippen LogP contribution in [0, 0.1) is 0 Å². The van der Waals surface area contributed by atoms with Gasteiger partial charge in [-0.3, -0.25) is 0 Å². The Morgan fingerprint density at radius 1 is 0.246 bits per heavy atom. The molecule has 0 saturated heterocycles. The van der Waals surface area contributed by atoms with Crippen LogP contribution in [-0.4, -0.2) is 0 Å².